The van der Waals surface area contributed by atoms with Gasteiger partial charge in [0.2, 0.25) is 0 Å². The van der Waals surface area contributed by atoms with Crippen LogP contribution in [0.1, 0.15) is 40.0 Å². The second-order valence-corrected chi connectivity index (χ2v) is 4.29. The van der Waals surface area contributed by atoms with Gasteiger partial charge in [0.25, 0.3) is 0 Å². The fourth-order valence-corrected chi connectivity index (χ4v) is 1.11. The molecular weight excluding hydrogens is 232 g/mol. The van der Waals surface area contributed by atoms with E-state index in [1.165, 1.54) is 0 Å². The molecule has 0 fully saturated rings. The third-order valence-corrected chi connectivity index (χ3v) is 3.25. The highest BCUT2D eigenvalue weighted by Crippen LogP contribution is 2.11. The third kappa shape index (κ3) is 5.29. The Balaban J connectivity index is 3.68. The minimum absolute atomic E-state index is 0.130. The molecule has 0 aromatic rings. The summed E-state index contributed by atoms with van der Waals surface area (Å²) >= 11 is 3.26. The molecule has 0 aromatic carbocycles. The van der Waals surface area contributed by atoms with E-state index in [2.05, 4.69) is 29.8 Å². The van der Waals surface area contributed by atoms with Gasteiger partial charge in [-0.2, -0.15) is 0 Å². The molecule has 2 nitrogen and oxygen atoms in total. The van der Waals surface area contributed by atoms with Crippen molar-refractivity contribution in [2.45, 2.75) is 44.9 Å². The number of esters is 1. The molecule has 0 radical (unpaired) electrons. The first-order valence-corrected chi connectivity index (χ1v) is 5.87. The molecule has 0 rings (SSSR count). The molecule has 1 unspecified atom stereocenters. The van der Waals surface area contributed by atoms with Crippen LogP contribution in [0.3, 0.4) is 0 Å². The van der Waals surface area contributed by atoms with E-state index in [9.17, 15) is 4.79 Å². The summed E-state index contributed by atoms with van der Waals surface area (Å²) in [5, 5.41) is 0. The minimum atomic E-state index is -0.137. The van der Waals surface area contributed by atoms with Crippen LogP contribution in [0.15, 0.2) is 0 Å². The van der Waals surface area contributed by atoms with Crippen LogP contribution in [0, 0.1) is 5.92 Å². The van der Waals surface area contributed by atoms with Gasteiger partial charge in [-0.1, -0.05) is 49.5 Å². The maximum atomic E-state index is 11.2. The lowest BCUT2D eigenvalue weighted by atomic mass is 10.1. The average molecular weight is 251 g/mol. The van der Waals surface area contributed by atoms with Crippen LogP contribution in [-0.2, 0) is 9.53 Å². The molecule has 78 valence electrons. The number of alkyl halides is 1. The molecule has 0 saturated carbocycles. The van der Waals surface area contributed by atoms with Crippen molar-refractivity contribution in [2.24, 2.45) is 5.92 Å². The molecule has 0 saturated heterocycles. The summed E-state index contributed by atoms with van der Waals surface area (Å²) in [7, 11) is 0. The van der Waals surface area contributed by atoms with Gasteiger partial charge in [0.05, 0.1) is 6.61 Å². The number of hydrogen-bond acceptors (Lipinski definition) is 2. The molecule has 0 aliphatic carbocycles. The Morgan fingerprint density at radius 3 is 2.15 bits per heavy atom. The van der Waals surface area contributed by atoms with Gasteiger partial charge < -0.3 is 4.74 Å². The summed E-state index contributed by atoms with van der Waals surface area (Å²) in [6.07, 6.45) is 2.92. The predicted octanol–water partition coefficient (Wildman–Crippen LogP) is 3.14. The van der Waals surface area contributed by atoms with E-state index in [-0.39, 0.29) is 10.8 Å². The highest BCUT2D eigenvalue weighted by molar-refractivity contribution is 9.10. The molecule has 0 aliphatic heterocycles. The Labute approximate surface area is 89.2 Å². The molecule has 0 aromatic heterocycles. The zero-order valence-electron chi connectivity index (χ0n) is 8.68. The number of halogens is 1. The van der Waals surface area contributed by atoms with Crippen molar-refractivity contribution in [3.05, 3.63) is 0 Å². The monoisotopic (exact) mass is 250 g/mol. The fourth-order valence-electron chi connectivity index (χ4n) is 0.981. The van der Waals surface area contributed by atoms with Crippen molar-refractivity contribution >= 4 is 21.9 Å². The van der Waals surface area contributed by atoms with E-state index in [0.717, 1.165) is 19.3 Å². The summed E-state index contributed by atoms with van der Waals surface area (Å²) in [6.45, 7) is 6.76. The summed E-state index contributed by atoms with van der Waals surface area (Å²) in [6, 6.07) is 0. The SMILES string of the molecule is CCC(CC)COC(=O)C(Br)CC. The fraction of sp³-hybridized carbons (Fsp3) is 0.900. The first kappa shape index (κ1) is 12.9. The standard InChI is InChI=1S/C10H19BrO2/c1-4-8(5-2)7-13-10(12)9(11)6-3/h8-9H,4-7H2,1-3H3. The Bertz CT molecular complexity index is 144. The Morgan fingerprint density at radius 2 is 1.77 bits per heavy atom. The van der Waals surface area contributed by atoms with E-state index in [1.807, 2.05) is 6.92 Å². The van der Waals surface area contributed by atoms with Gasteiger partial charge >= 0.3 is 5.97 Å². The second kappa shape index (κ2) is 7.36. The number of carbonyl (C=O) groups excluding carboxylic acids is 1. The van der Waals surface area contributed by atoms with Crippen molar-refractivity contribution in [2.75, 3.05) is 6.61 Å². The highest BCUT2D eigenvalue weighted by atomic mass is 79.9. The Kier molecular flexibility index (Phi) is 7.33. The third-order valence-electron chi connectivity index (χ3n) is 2.23. The molecule has 3 heteroatoms. The first-order valence-electron chi connectivity index (χ1n) is 4.96. The van der Waals surface area contributed by atoms with E-state index in [4.69, 9.17) is 4.74 Å². The lowest BCUT2D eigenvalue weighted by molar-refractivity contribution is -0.144. The Hall–Kier alpha value is -0.0500. The highest BCUT2D eigenvalue weighted by Gasteiger charge is 2.15. The van der Waals surface area contributed by atoms with E-state index >= 15 is 0 Å². The molecule has 1 atom stereocenters. The zero-order chi connectivity index (χ0) is 10.3. The van der Waals surface area contributed by atoms with Gasteiger partial charge in [-0.3, -0.25) is 4.79 Å². The van der Waals surface area contributed by atoms with E-state index in [0.29, 0.717) is 12.5 Å². The van der Waals surface area contributed by atoms with Gasteiger partial charge in [0, 0.05) is 0 Å². The van der Waals surface area contributed by atoms with Gasteiger partial charge in [-0.25, -0.2) is 0 Å². The lowest BCUT2D eigenvalue weighted by Crippen LogP contribution is -2.20. The summed E-state index contributed by atoms with van der Waals surface area (Å²) < 4.78 is 5.15. The van der Waals surface area contributed by atoms with Crippen LogP contribution in [0.4, 0.5) is 0 Å². The van der Waals surface area contributed by atoms with Crippen LogP contribution in [0.5, 0.6) is 0 Å². The van der Waals surface area contributed by atoms with Crippen LogP contribution in [-0.4, -0.2) is 17.4 Å². The Morgan fingerprint density at radius 1 is 1.23 bits per heavy atom. The van der Waals surface area contributed by atoms with Crippen LogP contribution in [0.25, 0.3) is 0 Å². The van der Waals surface area contributed by atoms with Crippen LogP contribution >= 0.6 is 15.9 Å². The van der Waals surface area contributed by atoms with E-state index in [1.54, 1.807) is 0 Å². The molecule has 0 spiro atoms. The maximum Gasteiger partial charge on any atom is 0.319 e. The predicted molar refractivity (Wildman–Crippen MR) is 58.0 cm³/mol. The summed E-state index contributed by atoms with van der Waals surface area (Å²) in [5.74, 6) is 0.384. The molecule has 0 N–H and O–H groups in total. The van der Waals surface area contributed by atoms with Gasteiger partial charge in [-0.05, 0) is 12.3 Å². The molecule has 0 heterocycles. The van der Waals surface area contributed by atoms with Crippen LogP contribution < -0.4 is 0 Å². The van der Waals surface area contributed by atoms with Crippen molar-refractivity contribution in [3.63, 3.8) is 0 Å². The number of carbonyl (C=O) groups is 1. The quantitative estimate of drug-likeness (QED) is 0.535. The average Bonchev–Trinajstić information content (AvgIpc) is 2.17. The summed E-state index contributed by atoms with van der Waals surface area (Å²) in [4.78, 5) is 11.1. The smallest absolute Gasteiger partial charge is 0.319 e. The molecule has 0 aliphatic rings. The van der Waals surface area contributed by atoms with Gasteiger partial charge in [0.15, 0.2) is 0 Å². The second-order valence-electron chi connectivity index (χ2n) is 3.19. The largest absolute Gasteiger partial charge is 0.465 e. The van der Waals surface area contributed by atoms with Crippen molar-refractivity contribution < 1.29 is 9.53 Å². The molecular formula is C10H19BrO2. The van der Waals surface area contributed by atoms with Crippen molar-refractivity contribution in [3.8, 4) is 0 Å². The molecule has 0 amide bonds. The van der Waals surface area contributed by atoms with Crippen LogP contribution in [0.2, 0.25) is 0 Å². The maximum absolute atomic E-state index is 11.2. The first-order chi connectivity index (χ1) is 6.15. The van der Waals surface area contributed by atoms with Crippen molar-refractivity contribution in [1.82, 2.24) is 0 Å². The number of ether oxygens (including phenoxy) is 1. The molecule has 13 heavy (non-hydrogen) atoms. The topological polar surface area (TPSA) is 26.3 Å². The van der Waals surface area contributed by atoms with Crippen molar-refractivity contribution in [1.29, 1.82) is 0 Å². The summed E-state index contributed by atoms with van der Waals surface area (Å²) in [5.41, 5.74) is 0. The lowest BCUT2D eigenvalue weighted by Gasteiger charge is -2.14. The zero-order valence-corrected chi connectivity index (χ0v) is 10.3. The number of hydrogen-bond donors (Lipinski definition) is 0. The normalized spacial score (nSPS) is 13.0. The minimum Gasteiger partial charge on any atom is -0.465 e. The number of rotatable bonds is 6. The molecule has 0 bridgehead atoms. The van der Waals surface area contributed by atoms with Gasteiger partial charge in [0.1, 0.15) is 4.83 Å². The van der Waals surface area contributed by atoms with Gasteiger partial charge in [-0.15, -0.1) is 0 Å². The van der Waals surface area contributed by atoms with E-state index < -0.39 is 0 Å².